The van der Waals surface area contributed by atoms with Gasteiger partial charge in [-0.25, -0.2) is 0 Å². The predicted octanol–water partition coefficient (Wildman–Crippen LogP) is -1.13. The van der Waals surface area contributed by atoms with Gasteiger partial charge in [0.05, 0.1) is 24.8 Å². The highest BCUT2D eigenvalue weighted by Gasteiger charge is 2.06. The summed E-state index contributed by atoms with van der Waals surface area (Å²) in [6.45, 7) is 8.72. The molecule has 0 heterocycles. The van der Waals surface area contributed by atoms with Crippen molar-refractivity contribution in [3.05, 3.63) is 27.5 Å². The number of carbonyl (C=O) groups is 1. The average molecular weight is 335 g/mol. The largest absolute Gasteiger partial charge is 0.391 e. The molecular weight excluding hydrogens is 306 g/mol. The maximum absolute atomic E-state index is 11.2. The van der Waals surface area contributed by atoms with Crippen molar-refractivity contribution in [3.8, 4) is 0 Å². The van der Waals surface area contributed by atoms with E-state index in [0.29, 0.717) is 25.2 Å². The molecule has 0 aromatic rings. The number of nitrogens with zero attached hydrogens (tertiary/aromatic N) is 1. The maximum atomic E-state index is 11.2. The summed E-state index contributed by atoms with van der Waals surface area (Å²) in [6, 6.07) is 0. The molecular formula is C14H29N3O6. The van der Waals surface area contributed by atoms with E-state index in [1.165, 1.54) is 4.90 Å². The lowest BCUT2D eigenvalue weighted by Gasteiger charge is -2.17. The van der Waals surface area contributed by atoms with E-state index < -0.39 is 5.09 Å². The van der Waals surface area contributed by atoms with Crippen molar-refractivity contribution in [2.45, 2.75) is 32.6 Å². The summed E-state index contributed by atoms with van der Waals surface area (Å²) in [4.78, 5) is 20.7. The molecule has 23 heavy (non-hydrogen) atoms. The second-order valence-electron chi connectivity index (χ2n) is 5.12. The predicted molar refractivity (Wildman–Crippen MR) is 86.4 cm³/mol. The molecule has 9 heteroatoms. The summed E-state index contributed by atoms with van der Waals surface area (Å²) >= 11 is 0. The number of aliphatic hydroxyl groups is 2. The number of carbonyl (C=O) groups excluding carboxylic acids is 1. The fraction of sp³-hybridized carbons (Fsp3) is 0.786. The van der Waals surface area contributed by atoms with E-state index in [1.54, 1.807) is 6.92 Å². The number of aliphatic hydroxyl groups excluding tert-OH is 2. The third-order valence-electron chi connectivity index (χ3n) is 3.06. The first-order valence-corrected chi connectivity index (χ1v) is 7.65. The van der Waals surface area contributed by atoms with Gasteiger partial charge in [-0.05, 0) is 26.2 Å². The van der Waals surface area contributed by atoms with Crippen molar-refractivity contribution in [2.75, 3.05) is 39.4 Å². The Morgan fingerprint density at radius 3 is 2.00 bits per heavy atom. The molecule has 0 atom stereocenters. The Balaban J connectivity index is 0. The van der Waals surface area contributed by atoms with Crippen LogP contribution in [-0.4, -0.2) is 60.6 Å². The van der Waals surface area contributed by atoms with Crippen LogP contribution in [0.1, 0.15) is 32.6 Å². The van der Waals surface area contributed by atoms with Gasteiger partial charge in [-0.2, -0.15) is 0 Å². The second-order valence-corrected chi connectivity index (χ2v) is 5.12. The molecule has 0 saturated carbocycles. The van der Waals surface area contributed by atoms with Crippen molar-refractivity contribution < 1.29 is 25.0 Å². The Kier molecular flexibility index (Phi) is 17.1. The summed E-state index contributed by atoms with van der Waals surface area (Å²) < 4.78 is 0. The Labute approximate surface area is 136 Å². The zero-order valence-electron chi connectivity index (χ0n) is 13.8. The van der Waals surface area contributed by atoms with Crippen molar-refractivity contribution >= 4 is 5.91 Å². The Morgan fingerprint density at radius 1 is 1.09 bits per heavy atom. The minimum absolute atomic E-state index is 0.0680. The summed E-state index contributed by atoms with van der Waals surface area (Å²) in [5.41, 5.74) is 0.548. The number of hydrogen-bond donors (Lipinski definition) is 4. The smallest absolute Gasteiger partial charge is 0.246 e. The van der Waals surface area contributed by atoms with E-state index in [-0.39, 0.29) is 19.1 Å². The van der Waals surface area contributed by atoms with Crippen LogP contribution in [0.25, 0.3) is 0 Å². The molecule has 136 valence electrons. The Morgan fingerprint density at radius 2 is 1.57 bits per heavy atom. The van der Waals surface area contributed by atoms with Crippen LogP contribution in [0.5, 0.6) is 0 Å². The molecule has 0 rings (SSSR count). The molecule has 0 fully saturated rings. The highest BCUT2D eigenvalue weighted by molar-refractivity contribution is 5.91. The average Bonchev–Trinajstić information content (AvgIpc) is 2.45. The molecule has 0 unspecified atom stereocenters. The van der Waals surface area contributed by atoms with Gasteiger partial charge < -0.3 is 35.8 Å². The minimum atomic E-state index is -1.75. The van der Waals surface area contributed by atoms with E-state index >= 15 is 0 Å². The first-order valence-electron chi connectivity index (χ1n) is 7.65. The van der Waals surface area contributed by atoms with Gasteiger partial charge in [0.1, 0.15) is 13.1 Å². The van der Waals surface area contributed by atoms with Crippen LogP contribution in [-0.2, 0) is 4.79 Å². The van der Waals surface area contributed by atoms with Crippen molar-refractivity contribution in [1.29, 1.82) is 0 Å². The quantitative estimate of drug-likeness (QED) is 0.154. The Bertz CT molecular complexity index is 328. The van der Waals surface area contributed by atoms with E-state index in [2.05, 4.69) is 11.9 Å². The molecule has 0 aliphatic rings. The zero-order valence-corrected chi connectivity index (χ0v) is 13.8. The fourth-order valence-corrected chi connectivity index (χ4v) is 1.90. The van der Waals surface area contributed by atoms with Gasteiger partial charge in [0.2, 0.25) is 5.91 Å². The first kappa shape index (κ1) is 23.6. The van der Waals surface area contributed by atoms with Crippen LogP contribution in [0.3, 0.4) is 0 Å². The lowest BCUT2D eigenvalue weighted by Crippen LogP contribution is -3.13. The van der Waals surface area contributed by atoms with Gasteiger partial charge in [0.25, 0.3) is 0 Å². The number of rotatable bonds is 12. The van der Waals surface area contributed by atoms with E-state index in [0.717, 1.165) is 32.2 Å². The summed E-state index contributed by atoms with van der Waals surface area (Å²) in [6.07, 6.45) is 4.27. The van der Waals surface area contributed by atoms with Crippen molar-refractivity contribution in [3.63, 3.8) is 0 Å². The monoisotopic (exact) mass is 335 g/mol. The van der Waals surface area contributed by atoms with E-state index in [4.69, 9.17) is 25.5 Å². The molecule has 0 spiro atoms. The summed E-state index contributed by atoms with van der Waals surface area (Å²) in [7, 11) is 0. The van der Waals surface area contributed by atoms with E-state index in [9.17, 15) is 4.79 Å². The maximum Gasteiger partial charge on any atom is 0.246 e. The lowest BCUT2D eigenvalue weighted by molar-refractivity contribution is -0.901. The molecule has 0 bridgehead atoms. The molecule has 0 radical (unpaired) electrons. The molecule has 9 nitrogen and oxygen atoms in total. The molecule has 1 amide bonds. The van der Waals surface area contributed by atoms with Crippen LogP contribution >= 0.6 is 0 Å². The minimum Gasteiger partial charge on any atom is -0.391 e. The van der Waals surface area contributed by atoms with Crippen LogP contribution in [0.15, 0.2) is 12.2 Å². The standard InChI is InChI=1S/C14H28N2O3.NO3/c1-13(2)14(19)15-7-5-3-4-6-8-16(9-11-17)10-12-18;2-1(3)4/h17-18H,1,3-12H2,2H3,(H,15,19);/q;-1/p+1. The fourth-order valence-electron chi connectivity index (χ4n) is 1.90. The van der Waals surface area contributed by atoms with Gasteiger partial charge in [-0.3, -0.25) is 4.79 Å². The summed E-state index contributed by atoms with van der Waals surface area (Å²) in [5, 5.41) is 35.3. The number of nitrogens with one attached hydrogen (secondary N) is 2. The number of hydrogen-bond acceptors (Lipinski definition) is 6. The van der Waals surface area contributed by atoms with Crippen molar-refractivity contribution in [2.24, 2.45) is 0 Å². The molecule has 0 aromatic heterocycles. The third-order valence-corrected chi connectivity index (χ3v) is 3.06. The lowest BCUT2D eigenvalue weighted by atomic mass is 10.2. The normalized spacial score (nSPS) is 9.91. The first-order chi connectivity index (χ1) is 10.8. The topological polar surface area (TPSA) is 140 Å². The van der Waals surface area contributed by atoms with Gasteiger partial charge in [-0.15, -0.1) is 0 Å². The van der Waals surface area contributed by atoms with Crippen LogP contribution in [0.2, 0.25) is 0 Å². The van der Waals surface area contributed by atoms with Crippen LogP contribution < -0.4 is 10.2 Å². The summed E-state index contributed by atoms with van der Waals surface area (Å²) in [5.74, 6) is -0.0680. The second kappa shape index (κ2) is 16.7. The zero-order chi connectivity index (χ0) is 18.1. The SMILES string of the molecule is C=C(C)C(=O)NCCCCCC[NH+](CCO)CCO.O=[N+]([O-])[O-]. The van der Waals surface area contributed by atoms with Gasteiger partial charge >= 0.3 is 0 Å². The molecule has 4 N–H and O–H groups in total. The Hall–Kier alpha value is -1.71. The third kappa shape index (κ3) is 20.3. The highest BCUT2D eigenvalue weighted by Crippen LogP contribution is 1.97. The molecule has 0 aromatic carbocycles. The van der Waals surface area contributed by atoms with Crippen LogP contribution in [0, 0.1) is 15.3 Å². The van der Waals surface area contributed by atoms with E-state index in [1.807, 2.05) is 0 Å². The molecule has 0 aliphatic carbocycles. The van der Waals surface area contributed by atoms with Crippen LogP contribution in [0.4, 0.5) is 0 Å². The number of quaternary nitrogens is 1. The highest BCUT2D eigenvalue weighted by atomic mass is 16.9. The molecule has 0 aliphatic heterocycles. The number of unbranched alkanes of at least 4 members (excludes halogenated alkanes) is 3. The number of amides is 1. The molecule has 0 saturated heterocycles. The van der Waals surface area contributed by atoms with Gasteiger partial charge in [0, 0.05) is 12.1 Å². The van der Waals surface area contributed by atoms with Gasteiger partial charge in [0.15, 0.2) is 0 Å². The van der Waals surface area contributed by atoms with Gasteiger partial charge in [-0.1, -0.05) is 13.0 Å². The van der Waals surface area contributed by atoms with Crippen molar-refractivity contribution in [1.82, 2.24) is 5.32 Å².